The van der Waals surface area contributed by atoms with E-state index < -0.39 is 0 Å². The van der Waals surface area contributed by atoms with Crippen molar-refractivity contribution in [1.29, 1.82) is 0 Å². The van der Waals surface area contributed by atoms with Gasteiger partial charge in [0.15, 0.2) is 0 Å². The minimum absolute atomic E-state index is 0.456. The molecule has 1 atom stereocenters. The SMILES string of the molecule is CCc1cccc(CC)c1-c1cc(CN2CCOCC2)c(CN2CCc3ccccc3C2CC(C)C)c(C)n1. The van der Waals surface area contributed by atoms with Crippen LogP contribution in [0.1, 0.15) is 79.2 Å². The summed E-state index contributed by atoms with van der Waals surface area (Å²) in [4.78, 5) is 10.6. The van der Waals surface area contributed by atoms with Gasteiger partial charge >= 0.3 is 0 Å². The lowest BCUT2D eigenvalue weighted by Crippen LogP contribution is -2.38. The van der Waals surface area contributed by atoms with Crippen molar-refractivity contribution in [3.63, 3.8) is 0 Å². The van der Waals surface area contributed by atoms with Crippen LogP contribution in [0, 0.1) is 12.8 Å². The van der Waals surface area contributed by atoms with Crippen molar-refractivity contribution in [3.05, 3.63) is 87.6 Å². The molecule has 0 bridgehead atoms. The number of rotatable bonds is 9. The third kappa shape index (κ3) is 6.29. The molecular weight excluding hydrogens is 478 g/mol. The highest BCUT2D eigenvalue weighted by atomic mass is 16.5. The van der Waals surface area contributed by atoms with E-state index in [1.165, 1.54) is 51.1 Å². The largest absolute Gasteiger partial charge is 0.379 e. The third-order valence-corrected chi connectivity index (χ3v) is 8.76. The fourth-order valence-electron chi connectivity index (χ4n) is 6.64. The van der Waals surface area contributed by atoms with E-state index in [1.54, 1.807) is 0 Å². The molecule has 1 fully saturated rings. The Balaban J connectivity index is 1.56. The van der Waals surface area contributed by atoms with Crippen LogP contribution < -0.4 is 0 Å². The number of nitrogens with zero attached hydrogens (tertiary/aromatic N) is 3. The topological polar surface area (TPSA) is 28.6 Å². The maximum Gasteiger partial charge on any atom is 0.0714 e. The summed E-state index contributed by atoms with van der Waals surface area (Å²) in [6, 6.07) is 18.8. The molecule has 0 N–H and O–H groups in total. The van der Waals surface area contributed by atoms with Gasteiger partial charge in [0.25, 0.3) is 0 Å². The summed E-state index contributed by atoms with van der Waals surface area (Å²) in [5, 5.41) is 0. The van der Waals surface area contributed by atoms with Gasteiger partial charge in [0.1, 0.15) is 0 Å². The monoisotopic (exact) mass is 525 g/mol. The quantitative estimate of drug-likeness (QED) is 0.296. The van der Waals surface area contributed by atoms with Gasteiger partial charge in [0.2, 0.25) is 0 Å². The summed E-state index contributed by atoms with van der Waals surface area (Å²) in [7, 11) is 0. The smallest absolute Gasteiger partial charge is 0.0714 e. The number of fused-ring (bicyclic) bond motifs is 1. The van der Waals surface area contributed by atoms with Gasteiger partial charge < -0.3 is 4.74 Å². The van der Waals surface area contributed by atoms with Crippen molar-refractivity contribution in [1.82, 2.24) is 14.8 Å². The standard InChI is InChI=1S/C35H47N3O/c1-6-27-12-10-13-28(7-2)35(27)33-22-30(23-37-17-19-39-20-18-37)32(26(5)36-33)24-38-16-15-29-11-8-9-14-31(29)34(38)21-25(3)4/h8-14,22,25,34H,6-7,15-21,23-24H2,1-5H3. The molecule has 1 unspecified atom stereocenters. The number of morpholine rings is 1. The second-order valence-electron chi connectivity index (χ2n) is 11.8. The van der Waals surface area contributed by atoms with Gasteiger partial charge in [-0.25, -0.2) is 0 Å². The Morgan fingerprint density at radius 2 is 1.62 bits per heavy atom. The second kappa shape index (κ2) is 12.8. The Morgan fingerprint density at radius 1 is 0.897 bits per heavy atom. The average molecular weight is 526 g/mol. The molecule has 1 aromatic heterocycles. The number of aryl methyl sites for hydroxylation is 3. The summed E-state index contributed by atoms with van der Waals surface area (Å²) < 4.78 is 5.69. The van der Waals surface area contributed by atoms with Crippen LogP contribution in [0.15, 0.2) is 48.5 Å². The van der Waals surface area contributed by atoms with Crippen molar-refractivity contribution in [2.45, 2.75) is 79.4 Å². The number of pyridine rings is 1. The Bertz CT molecular complexity index is 1240. The Hall–Kier alpha value is -2.53. The van der Waals surface area contributed by atoms with Crippen LogP contribution >= 0.6 is 0 Å². The van der Waals surface area contributed by atoms with E-state index in [0.29, 0.717) is 12.0 Å². The van der Waals surface area contributed by atoms with E-state index in [1.807, 2.05) is 0 Å². The fourth-order valence-corrected chi connectivity index (χ4v) is 6.64. The summed E-state index contributed by atoms with van der Waals surface area (Å²) in [6.07, 6.45) is 4.35. The summed E-state index contributed by atoms with van der Waals surface area (Å²) in [5.41, 5.74) is 12.4. The number of hydrogen-bond donors (Lipinski definition) is 0. The van der Waals surface area contributed by atoms with Crippen LogP contribution in [-0.4, -0.2) is 47.6 Å². The lowest BCUT2D eigenvalue weighted by atomic mass is 9.87. The average Bonchev–Trinajstić information content (AvgIpc) is 2.95. The lowest BCUT2D eigenvalue weighted by molar-refractivity contribution is 0.0339. The first-order valence-electron chi connectivity index (χ1n) is 15.2. The number of hydrogen-bond acceptors (Lipinski definition) is 4. The summed E-state index contributed by atoms with van der Waals surface area (Å²) >= 11 is 0. The van der Waals surface area contributed by atoms with Crippen molar-refractivity contribution >= 4 is 0 Å². The first kappa shape index (κ1) is 28.0. The van der Waals surface area contributed by atoms with Crippen LogP contribution in [0.3, 0.4) is 0 Å². The van der Waals surface area contributed by atoms with Gasteiger partial charge in [0, 0.05) is 50.0 Å². The van der Waals surface area contributed by atoms with E-state index in [2.05, 4.69) is 92.9 Å². The molecule has 2 aromatic carbocycles. The normalized spacial score (nSPS) is 18.5. The molecule has 208 valence electrons. The number of benzene rings is 2. The van der Waals surface area contributed by atoms with Crippen molar-refractivity contribution in [2.75, 3.05) is 32.8 Å². The molecule has 1 saturated heterocycles. The molecule has 4 nitrogen and oxygen atoms in total. The minimum atomic E-state index is 0.456. The van der Waals surface area contributed by atoms with Crippen LogP contribution in [0.25, 0.3) is 11.3 Å². The Kier molecular flexibility index (Phi) is 9.17. The zero-order valence-electron chi connectivity index (χ0n) is 24.8. The fraction of sp³-hybridized carbons (Fsp3) is 0.514. The van der Waals surface area contributed by atoms with Crippen molar-refractivity contribution in [2.24, 2.45) is 5.92 Å². The number of aromatic nitrogens is 1. The first-order chi connectivity index (χ1) is 19.0. The van der Waals surface area contributed by atoms with Crippen LogP contribution in [0.2, 0.25) is 0 Å². The molecule has 39 heavy (non-hydrogen) atoms. The molecule has 0 saturated carbocycles. The predicted molar refractivity (Wildman–Crippen MR) is 162 cm³/mol. The zero-order valence-corrected chi connectivity index (χ0v) is 24.8. The molecule has 3 aromatic rings. The van der Waals surface area contributed by atoms with Gasteiger partial charge in [-0.3, -0.25) is 14.8 Å². The lowest BCUT2D eigenvalue weighted by Gasteiger charge is -2.39. The van der Waals surface area contributed by atoms with Gasteiger partial charge in [-0.15, -0.1) is 0 Å². The molecule has 5 rings (SSSR count). The van der Waals surface area contributed by atoms with E-state index in [9.17, 15) is 0 Å². The minimum Gasteiger partial charge on any atom is -0.379 e. The highest BCUT2D eigenvalue weighted by molar-refractivity contribution is 5.69. The highest BCUT2D eigenvalue weighted by Gasteiger charge is 2.29. The Labute approximate surface area is 236 Å². The highest BCUT2D eigenvalue weighted by Crippen LogP contribution is 2.37. The van der Waals surface area contributed by atoms with Crippen molar-refractivity contribution < 1.29 is 4.74 Å². The molecule has 4 heteroatoms. The molecule has 0 spiro atoms. The summed E-state index contributed by atoms with van der Waals surface area (Å²) in [6.45, 7) is 18.1. The first-order valence-corrected chi connectivity index (χ1v) is 15.2. The van der Waals surface area contributed by atoms with E-state index >= 15 is 0 Å². The van der Waals surface area contributed by atoms with Gasteiger partial charge in [-0.2, -0.15) is 0 Å². The maximum absolute atomic E-state index is 5.69. The van der Waals surface area contributed by atoms with Crippen molar-refractivity contribution in [3.8, 4) is 11.3 Å². The van der Waals surface area contributed by atoms with Crippen LogP contribution in [-0.2, 0) is 37.1 Å². The molecule has 0 amide bonds. The van der Waals surface area contributed by atoms with Crippen LogP contribution in [0.4, 0.5) is 0 Å². The molecule has 2 aliphatic rings. The maximum atomic E-state index is 5.69. The number of ether oxygens (including phenoxy) is 1. The Morgan fingerprint density at radius 3 is 2.31 bits per heavy atom. The second-order valence-corrected chi connectivity index (χ2v) is 11.8. The van der Waals surface area contributed by atoms with E-state index in [-0.39, 0.29) is 0 Å². The molecular formula is C35H47N3O. The van der Waals surface area contributed by atoms with E-state index in [0.717, 1.165) is 70.9 Å². The molecule has 0 radical (unpaired) electrons. The predicted octanol–water partition coefficient (Wildman–Crippen LogP) is 7.16. The third-order valence-electron chi connectivity index (χ3n) is 8.76. The zero-order chi connectivity index (χ0) is 27.4. The van der Waals surface area contributed by atoms with Gasteiger partial charge in [-0.1, -0.05) is 70.2 Å². The molecule has 2 aliphatic heterocycles. The molecule has 0 aliphatic carbocycles. The van der Waals surface area contributed by atoms with Gasteiger partial charge in [0.05, 0.1) is 18.9 Å². The summed E-state index contributed by atoms with van der Waals surface area (Å²) in [5.74, 6) is 0.649. The van der Waals surface area contributed by atoms with E-state index in [4.69, 9.17) is 9.72 Å². The van der Waals surface area contributed by atoms with Gasteiger partial charge in [-0.05, 0) is 78.0 Å². The molecule has 3 heterocycles. The van der Waals surface area contributed by atoms with Crippen LogP contribution in [0.5, 0.6) is 0 Å².